The van der Waals surface area contributed by atoms with Crippen molar-refractivity contribution < 1.29 is 34.4 Å². The van der Waals surface area contributed by atoms with Crippen LogP contribution in [0, 0.1) is 0 Å². The van der Waals surface area contributed by atoms with Crippen molar-refractivity contribution in [3.63, 3.8) is 0 Å². The minimum absolute atomic E-state index is 0.000677. The predicted octanol–water partition coefficient (Wildman–Crippen LogP) is 1.71. The number of aromatic hydroxyl groups is 2. The van der Waals surface area contributed by atoms with E-state index in [1.165, 1.54) is 19.1 Å². The number of phenolic OH excluding ortho intramolecular Hbond substituents is 2. The van der Waals surface area contributed by atoms with Crippen LogP contribution in [0.5, 0.6) is 11.5 Å². The Bertz CT molecular complexity index is 1100. The van der Waals surface area contributed by atoms with Crippen LogP contribution in [-0.4, -0.2) is 38.3 Å². The number of hydrogen-bond donors (Lipinski definition) is 3. The summed E-state index contributed by atoms with van der Waals surface area (Å²) in [5.74, 6) is -2.61. The van der Waals surface area contributed by atoms with E-state index in [0.717, 1.165) is 0 Å². The zero-order valence-electron chi connectivity index (χ0n) is 14.1. The highest BCUT2D eigenvalue weighted by atomic mass is 16.6. The second-order valence-electron chi connectivity index (χ2n) is 7.14. The predicted molar refractivity (Wildman–Crippen MR) is 89.9 cm³/mol. The Morgan fingerprint density at radius 3 is 2.07 bits per heavy atom. The van der Waals surface area contributed by atoms with E-state index in [2.05, 4.69) is 0 Å². The van der Waals surface area contributed by atoms with Crippen LogP contribution in [0.3, 0.4) is 0 Å². The van der Waals surface area contributed by atoms with E-state index >= 15 is 0 Å². The fourth-order valence-electron chi connectivity index (χ4n) is 4.38. The molecule has 0 spiro atoms. The molecule has 1 saturated heterocycles. The SMILES string of the molecule is CC(=O)C12CC(O)c3c(O)c4c(c(O)c3C1O2)C(=O)c1ccccc1C4=O. The molecule has 2 aromatic rings. The van der Waals surface area contributed by atoms with Crippen LogP contribution in [0.1, 0.15) is 68.5 Å². The summed E-state index contributed by atoms with van der Waals surface area (Å²) in [6.07, 6.45) is -2.28. The average molecular weight is 366 g/mol. The maximum atomic E-state index is 12.9. The molecule has 136 valence electrons. The largest absolute Gasteiger partial charge is 0.507 e. The summed E-state index contributed by atoms with van der Waals surface area (Å²) in [5, 5.41) is 32.1. The number of aliphatic hydroxyl groups excluding tert-OH is 1. The van der Waals surface area contributed by atoms with Crippen molar-refractivity contribution in [2.24, 2.45) is 0 Å². The number of rotatable bonds is 1. The molecule has 1 heterocycles. The molecule has 2 aromatic carbocycles. The zero-order chi connectivity index (χ0) is 19.2. The molecule has 3 atom stereocenters. The van der Waals surface area contributed by atoms with Crippen molar-refractivity contribution in [3.8, 4) is 11.5 Å². The van der Waals surface area contributed by atoms with Crippen LogP contribution in [0.2, 0.25) is 0 Å². The first-order valence-corrected chi connectivity index (χ1v) is 8.46. The van der Waals surface area contributed by atoms with E-state index in [-0.39, 0.29) is 45.6 Å². The number of phenols is 2. The molecule has 0 saturated carbocycles. The lowest BCUT2D eigenvalue weighted by Gasteiger charge is -2.29. The second kappa shape index (κ2) is 4.82. The molecule has 27 heavy (non-hydrogen) atoms. The van der Waals surface area contributed by atoms with Crippen molar-refractivity contribution in [2.45, 2.75) is 31.2 Å². The van der Waals surface area contributed by atoms with Crippen molar-refractivity contribution in [1.82, 2.24) is 0 Å². The van der Waals surface area contributed by atoms with Crippen LogP contribution in [-0.2, 0) is 9.53 Å². The van der Waals surface area contributed by atoms with Crippen molar-refractivity contribution in [2.75, 3.05) is 0 Å². The first-order valence-electron chi connectivity index (χ1n) is 8.46. The number of fused-ring (bicyclic) bond motifs is 5. The molecule has 7 heteroatoms. The highest BCUT2D eigenvalue weighted by molar-refractivity contribution is 6.30. The van der Waals surface area contributed by atoms with E-state index in [9.17, 15) is 29.7 Å². The lowest BCUT2D eigenvalue weighted by molar-refractivity contribution is -0.123. The number of benzene rings is 2. The standard InChI is InChI=1S/C20H14O7/c1-7(21)20-6-10(22)11-14(19(20)27-20)18(26)13-12(17(11)25)15(23)8-4-2-3-5-9(8)16(13)24/h2-5,10,19,22,25-26H,6H2,1H3. The lowest BCUT2D eigenvalue weighted by atomic mass is 9.74. The first kappa shape index (κ1) is 16.2. The van der Waals surface area contributed by atoms with E-state index in [1.807, 2.05) is 0 Å². The highest BCUT2D eigenvalue weighted by Gasteiger charge is 2.67. The number of ether oxygens (including phenoxy) is 1. The van der Waals surface area contributed by atoms with E-state index in [0.29, 0.717) is 0 Å². The van der Waals surface area contributed by atoms with Crippen LogP contribution < -0.4 is 0 Å². The lowest BCUT2D eigenvalue weighted by Crippen LogP contribution is -2.31. The molecule has 3 aliphatic rings. The molecule has 0 bridgehead atoms. The van der Waals surface area contributed by atoms with Gasteiger partial charge in [-0.2, -0.15) is 0 Å². The Labute approximate surface area is 152 Å². The van der Waals surface area contributed by atoms with Gasteiger partial charge in [0.1, 0.15) is 17.6 Å². The molecule has 2 aliphatic carbocycles. The van der Waals surface area contributed by atoms with Crippen molar-refractivity contribution >= 4 is 17.3 Å². The number of carbonyl (C=O) groups is 3. The van der Waals surface area contributed by atoms with Gasteiger partial charge in [0.15, 0.2) is 23.0 Å². The van der Waals surface area contributed by atoms with E-state index in [4.69, 9.17) is 4.74 Å². The normalized spacial score (nSPS) is 27.3. The topological polar surface area (TPSA) is 124 Å². The number of hydrogen-bond acceptors (Lipinski definition) is 7. The Balaban J connectivity index is 1.83. The van der Waals surface area contributed by atoms with Gasteiger partial charge in [0.2, 0.25) is 0 Å². The fourth-order valence-corrected chi connectivity index (χ4v) is 4.38. The van der Waals surface area contributed by atoms with Crippen molar-refractivity contribution in [3.05, 3.63) is 57.6 Å². The molecule has 3 unspecified atom stereocenters. The quantitative estimate of drug-likeness (QED) is 0.442. The summed E-state index contributed by atoms with van der Waals surface area (Å²) < 4.78 is 5.51. The third-order valence-corrected chi connectivity index (χ3v) is 5.78. The number of aliphatic hydroxyl groups is 1. The summed E-state index contributed by atoms with van der Waals surface area (Å²) in [6, 6.07) is 6.13. The third-order valence-electron chi connectivity index (χ3n) is 5.78. The van der Waals surface area contributed by atoms with Crippen LogP contribution in [0.4, 0.5) is 0 Å². The van der Waals surface area contributed by atoms with E-state index in [1.54, 1.807) is 12.1 Å². The maximum absolute atomic E-state index is 12.9. The zero-order valence-corrected chi connectivity index (χ0v) is 14.1. The van der Waals surface area contributed by atoms with Crippen LogP contribution in [0.15, 0.2) is 24.3 Å². The Kier molecular flexibility index (Phi) is 2.88. The summed E-state index contributed by atoms with van der Waals surface area (Å²) in [5.41, 5.74) is -1.75. The summed E-state index contributed by atoms with van der Waals surface area (Å²) in [7, 11) is 0. The first-order chi connectivity index (χ1) is 12.8. The highest BCUT2D eigenvalue weighted by Crippen LogP contribution is 2.64. The molecule has 3 N–H and O–H groups in total. The minimum Gasteiger partial charge on any atom is -0.507 e. The Morgan fingerprint density at radius 1 is 1.04 bits per heavy atom. The number of carbonyl (C=O) groups excluding carboxylic acids is 3. The molecule has 1 aliphatic heterocycles. The van der Waals surface area contributed by atoms with Gasteiger partial charge >= 0.3 is 0 Å². The molecular weight excluding hydrogens is 352 g/mol. The number of Topliss-reactive ketones (excluding diaryl/α,β-unsaturated/α-hetero) is 1. The Morgan fingerprint density at radius 2 is 1.56 bits per heavy atom. The minimum atomic E-state index is -1.32. The van der Waals surface area contributed by atoms with Crippen LogP contribution >= 0.6 is 0 Å². The van der Waals surface area contributed by atoms with Gasteiger partial charge < -0.3 is 20.1 Å². The monoisotopic (exact) mass is 366 g/mol. The van der Waals surface area contributed by atoms with Gasteiger partial charge in [-0.05, 0) is 6.92 Å². The van der Waals surface area contributed by atoms with Gasteiger partial charge in [-0.15, -0.1) is 0 Å². The third kappa shape index (κ3) is 1.75. The van der Waals surface area contributed by atoms with Gasteiger partial charge in [0.05, 0.1) is 17.2 Å². The molecule has 0 amide bonds. The van der Waals surface area contributed by atoms with E-state index < -0.39 is 40.9 Å². The molecular formula is C20H14O7. The van der Waals surface area contributed by atoms with Crippen LogP contribution in [0.25, 0.3) is 0 Å². The van der Waals surface area contributed by atoms with Crippen molar-refractivity contribution in [1.29, 1.82) is 0 Å². The summed E-state index contributed by atoms with van der Waals surface area (Å²) >= 11 is 0. The van der Waals surface area contributed by atoms with Gasteiger partial charge in [0.25, 0.3) is 0 Å². The summed E-state index contributed by atoms with van der Waals surface area (Å²) in [6.45, 7) is 1.32. The molecule has 0 aromatic heterocycles. The number of epoxide rings is 1. The smallest absolute Gasteiger partial charge is 0.198 e. The molecule has 5 rings (SSSR count). The average Bonchev–Trinajstić information content (AvgIpc) is 3.37. The Hall–Kier alpha value is -3.03. The molecule has 0 radical (unpaired) electrons. The molecule has 7 nitrogen and oxygen atoms in total. The fraction of sp³-hybridized carbons (Fsp3) is 0.250. The summed E-state index contributed by atoms with van der Waals surface area (Å²) in [4.78, 5) is 37.8. The second-order valence-corrected chi connectivity index (χ2v) is 7.14. The van der Waals surface area contributed by atoms with Gasteiger partial charge in [-0.1, -0.05) is 24.3 Å². The van der Waals surface area contributed by atoms with Gasteiger partial charge in [-0.25, -0.2) is 0 Å². The van der Waals surface area contributed by atoms with Gasteiger partial charge in [0, 0.05) is 28.7 Å². The number of ketones is 3. The molecule has 1 fully saturated rings. The van der Waals surface area contributed by atoms with Gasteiger partial charge in [-0.3, -0.25) is 14.4 Å². The maximum Gasteiger partial charge on any atom is 0.198 e.